The highest BCUT2D eigenvalue weighted by molar-refractivity contribution is 6.57. The summed E-state index contributed by atoms with van der Waals surface area (Å²) in [5, 5.41) is 4.37. The van der Waals surface area contributed by atoms with E-state index in [1.54, 1.807) is 6.92 Å². The predicted molar refractivity (Wildman–Crippen MR) is 69.8 cm³/mol. The van der Waals surface area contributed by atoms with Gasteiger partial charge in [0.2, 0.25) is 11.8 Å². The van der Waals surface area contributed by atoms with Crippen molar-refractivity contribution < 1.29 is 14.4 Å². The Morgan fingerprint density at radius 1 is 0.889 bits per heavy atom. The van der Waals surface area contributed by atoms with Crippen LogP contribution in [0.15, 0.2) is 10.2 Å². The van der Waals surface area contributed by atoms with E-state index in [4.69, 9.17) is 23.2 Å². The third-order valence-electron chi connectivity index (χ3n) is 1.89. The van der Waals surface area contributed by atoms with Gasteiger partial charge in [0.15, 0.2) is 0 Å². The van der Waals surface area contributed by atoms with Crippen molar-refractivity contribution in [3.8, 4) is 0 Å². The minimum Gasteiger partial charge on any atom is -0.319 e. The van der Waals surface area contributed by atoms with Crippen LogP contribution in [0.5, 0.6) is 0 Å². The first-order chi connectivity index (χ1) is 8.42. The zero-order valence-electron chi connectivity index (χ0n) is 10.3. The number of amides is 3. The zero-order valence-corrected chi connectivity index (χ0v) is 11.8. The van der Waals surface area contributed by atoms with E-state index in [0.717, 1.165) is 0 Å². The van der Waals surface area contributed by atoms with Gasteiger partial charge in [-0.25, -0.2) is 0 Å². The molecule has 102 valence electrons. The van der Waals surface area contributed by atoms with Crippen molar-refractivity contribution in [2.24, 2.45) is 0 Å². The molecule has 0 aromatic carbocycles. The van der Waals surface area contributed by atoms with Crippen molar-refractivity contribution in [1.29, 1.82) is 0 Å². The smallest absolute Gasteiger partial charge is 0.276 e. The maximum Gasteiger partial charge on any atom is 0.276 e. The van der Waals surface area contributed by atoms with E-state index < -0.39 is 11.8 Å². The van der Waals surface area contributed by atoms with Crippen LogP contribution in [0.1, 0.15) is 39.5 Å². The van der Waals surface area contributed by atoms with Crippen LogP contribution in [0.2, 0.25) is 0 Å². The summed E-state index contributed by atoms with van der Waals surface area (Å²) >= 11 is 11.0. The molecule has 0 bridgehead atoms. The number of carbonyl (C=O) groups excluding carboxylic acids is 3. The van der Waals surface area contributed by atoms with Gasteiger partial charge in [-0.15, -0.1) is 0 Å². The number of imide groups is 1. The summed E-state index contributed by atoms with van der Waals surface area (Å²) < 4.78 is -0.388. The Balaban J connectivity index is 4.63. The summed E-state index contributed by atoms with van der Waals surface area (Å²) in [6, 6.07) is 0. The Bertz CT molecular complexity index is 363. The van der Waals surface area contributed by atoms with Crippen molar-refractivity contribution in [2.75, 3.05) is 0 Å². The van der Waals surface area contributed by atoms with Gasteiger partial charge in [-0.2, -0.15) is 0 Å². The number of hydrogen-bond donors (Lipinski definition) is 2. The van der Waals surface area contributed by atoms with Gasteiger partial charge < -0.3 is 5.32 Å². The number of halogens is 2. The summed E-state index contributed by atoms with van der Waals surface area (Å²) in [6.45, 7) is 3.62. The van der Waals surface area contributed by atoms with Gasteiger partial charge >= 0.3 is 0 Å². The van der Waals surface area contributed by atoms with Crippen molar-refractivity contribution in [1.82, 2.24) is 10.6 Å². The van der Waals surface area contributed by atoms with E-state index in [1.807, 2.05) is 6.92 Å². The van der Waals surface area contributed by atoms with Crippen LogP contribution in [0, 0.1) is 0 Å². The Labute approximate surface area is 116 Å². The minimum atomic E-state index is -0.807. The second kappa shape index (κ2) is 8.94. The molecule has 18 heavy (non-hydrogen) atoms. The van der Waals surface area contributed by atoms with Crippen LogP contribution >= 0.6 is 23.2 Å². The largest absolute Gasteiger partial charge is 0.319 e. The van der Waals surface area contributed by atoms with Gasteiger partial charge in [-0.05, 0) is 12.8 Å². The molecule has 0 aliphatic heterocycles. The number of rotatable bonds is 6. The molecule has 2 N–H and O–H groups in total. The lowest BCUT2D eigenvalue weighted by Crippen LogP contribution is -2.38. The lowest BCUT2D eigenvalue weighted by atomic mass is 10.3. The first-order valence-electron chi connectivity index (χ1n) is 5.61. The van der Waals surface area contributed by atoms with Gasteiger partial charge in [0.05, 0.1) is 0 Å². The molecule has 0 spiro atoms. The summed E-state index contributed by atoms with van der Waals surface area (Å²) in [6.07, 6.45) is 1.67. The fourth-order valence-electron chi connectivity index (χ4n) is 1.10. The Kier molecular flexibility index (Phi) is 8.41. The van der Waals surface area contributed by atoms with E-state index in [-0.39, 0.29) is 28.9 Å². The topological polar surface area (TPSA) is 75.3 Å². The quantitative estimate of drug-likeness (QED) is 0.736. The second-order valence-corrected chi connectivity index (χ2v) is 4.51. The van der Waals surface area contributed by atoms with Crippen LogP contribution in [0.3, 0.4) is 0 Å². The normalized spacial score (nSPS) is 9.56. The van der Waals surface area contributed by atoms with E-state index in [1.165, 1.54) is 0 Å². The summed E-state index contributed by atoms with van der Waals surface area (Å²) in [7, 11) is 0. The lowest BCUT2D eigenvalue weighted by Gasteiger charge is -2.09. The van der Waals surface area contributed by atoms with Gasteiger partial charge in [-0.3, -0.25) is 19.7 Å². The summed E-state index contributed by atoms with van der Waals surface area (Å²) in [5.74, 6) is -1.64. The summed E-state index contributed by atoms with van der Waals surface area (Å²) in [4.78, 5) is 34.2. The monoisotopic (exact) mass is 294 g/mol. The highest BCUT2D eigenvalue weighted by atomic mass is 35.5. The highest BCUT2D eigenvalue weighted by Crippen LogP contribution is 2.12. The first kappa shape index (κ1) is 16.9. The molecule has 7 heteroatoms. The third kappa shape index (κ3) is 6.61. The molecule has 0 heterocycles. The van der Waals surface area contributed by atoms with Crippen LogP contribution in [-0.2, 0) is 14.4 Å². The van der Waals surface area contributed by atoms with Crippen LogP contribution in [0.4, 0.5) is 0 Å². The molecule has 0 saturated heterocycles. The maximum atomic E-state index is 11.6. The highest BCUT2D eigenvalue weighted by Gasteiger charge is 2.18. The van der Waals surface area contributed by atoms with Crippen molar-refractivity contribution in [3.63, 3.8) is 0 Å². The molecule has 0 aliphatic rings. The minimum absolute atomic E-state index is 0.210. The molecule has 0 rings (SSSR count). The second-order valence-electron chi connectivity index (χ2n) is 3.56. The first-order valence-corrected chi connectivity index (χ1v) is 6.37. The van der Waals surface area contributed by atoms with Crippen LogP contribution < -0.4 is 10.6 Å². The zero-order chi connectivity index (χ0) is 14.1. The standard InChI is InChI=1S/C11H16Cl2N2O3/c1-3-5-7(16)14-9(10(12)13)11(18)15-8(17)6-4-2/h3-6H2,1-2H3,(H,14,16)(H,15,17,18). The molecule has 0 unspecified atom stereocenters. The molecule has 3 amide bonds. The molecular weight excluding hydrogens is 279 g/mol. The Morgan fingerprint density at radius 2 is 1.33 bits per heavy atom. The van der Waals surface area contributed by atoms with E-state index in [9.17, 15) is 14.4 Å². The molecule has 0 aliphatic carbocycles. The Morgan fingerprint density at radius 3 is 1.72 bits per heavy atom. The molecule has 0 atom stereocenters. The lowest BCUT2D eigenvalue weighted by molar-refractivity contribution is -0.130. The van der Waals surface area contributed by atoms with E-state index in [2.05, 4.69) is 10.6 Å². The van der Waals surface area contributed by atoms with Crippen molar-refractivity contribution >= 4 is 40.9 Å². The fraction of sp³-hybridized carbons (Fsp3) is 0.545. The molecule has 0 saturated carbocycles. The number of hydrogen-bond acceptors (Lipinski definition) is 3. The average molecular weight is 295 g/mol. The molecular formula is C11H16Cl2N2O3. The van der Waals surface area contributed by atoms with E-state index >= 15 is 0 Å². The van der Waals surface area contributed by atoms with E-state index in [0.29, 0.717) is 12.8 Å². The molecule has 0 aromatic rings. The Hall–Kier alpha value is -1.07. The van der Waals surface area contributed by atoms with Crippen LogP contribution in [-0.4, -0.2) is 17.7 Å². The van der Waals surface area contributed by atoms with Gasteiger partial charge in [-0.1, -0.05) is 37.0 Å². The predicted octanol–water partition coefficient (Wildman–Crippen LogP) is 1.99. The molecule has 0 aromatic heterocycles. The van der Waals surface area contributed by atoms with Crippen LogP contribution in [0.25, 0.3) is 0 Å². The van der Waals surface area contributed by atoms with Crippen molar-refractivity contribution in [2.45, 2.75) is 39.5 Å². The third-order valence-corrected chi connectivity index (χ3v) is 2.27. The number of nitrogens with one attached hydrogen (secondary N) is 2. The van der Waals surface area contributed by atoms with Gasteiger partial charge in [0.1, 0.15) is 10.2 Å². The fourth-order valence-corrected chi connectivity index (χ4v) is 1.36. The van der Waals surface area contributed by atoms with Gasteiger partial charge in [0, 0.05) is 12.8 Å². The SMILES string of the molecule is CCCC(=O)NC(=O)C(NC(=O)CCC)=C(Cl)Cl. The molecule has 0 radical (unpaired) electrons. The van der Waals surface area contributed by atoms with Gasteiger partial charge in [0.25, 0.3) is 5.91 Å². The molecule has 0 fully saturated rings. The molecule has 5 nitrogen and oxygen atoms in total. The number of carbonyl (C=O) groups is 3. The maximum absolute atomic E-state index is 11.6. The summed E-state index contributed by atoms with van der Waals surface area (Å²) in [5.41, 5.74) is -0.304. The average Bonchev–Trinajstić information content (AvgIpc) is 2.25. The van der Waals surface area contributed by atoms with Crippen molar-refractivity contribution in [3.05, 3.63) is 10.2 Å².